The number of amides is 1. The van der Waals surface area contributed by atoms with Gasteiger partial charge in [0.05, 0.1) is 6.04 Å². The molecule has 0 spiro atoms. The molecule has 0 aliphatic carbocycles. The standard InChI is InChI=1S/C20H19ClN4O/c1-11-3-2-4-17(21)19(11)12-5-13-8-24-18(22)7-15(13)16(6-12)20(26)25-14-9-23-10-14/h2-8,14,23H,9-10H2,1H3,(H2,22,24)(H,25,26). The second-order valence-electron chi connectivity index (χ2n) is 6.61. The molecule has 0 saturated carbocycles. The number of aromatic nitrogens is 1. The molecule has 1 aromatic heterocycles. The molecule has 0 atom stereocenters. The number of pyridine rings is 1. The van der Waals surface area contributed by atoms with Crippen LogP contribution >= 0.6 is 11.6 Å². The molecule has 2 aromatic carbocycles. The third-order valence-electron chi connectivity index (χ3n) is 4.73. The Morgan fingerprint density at radius 2 is 2.12 bits per heavy atom. The number of hydrogen-bond acceptors (Lipinski definition) is 4. The lowest BCUT2D eigenvalue weighted by atomic mass is 9.94. The number of anilines is 1. The van der Waals surface area contributed by atoms with Gasteiger partial charge in [-0.2, -0.15) is 0 Å². The smallest absolute Gasteiger partial charge is 0.252 e. The van der Waals surface area contributed by atoms with E-state index in [1.165, 1.54) is 0 Å². The molecular weight excluding hydrogens is 348 g/mol. The van der Waals surface area contributed by atoms with Crippen molar-refractivity contribution in [1.29, 1.82) is 0 Å². The Labute approximate surface area is 156 Å². The van der Waals surface area contributed by atoms with E-state index in [0.717, 1.165) is 40.6 Å². The normalized spacial score (nSPS) is 14.2. The molecule has 5 nitrogen and oxygen atoms in total. The highest BCUT2D eigenvalue weighted by Crippen LogP contribution is 2.34. The van der Waals surface area contributed by atoms with Crippen molar-refractivity contribution in [2.45, 2.75) is 13.0 Å². The summed E-state index contributed by atoms with van der Waals surface area (Å²) in [6.07, 6.45) is 1.70. The molecule has 1 aliphatic rings. The van der Waals surface area contributed by atoms with Crippen molar-refractivity contribution >= 4 is 34.1 Å². The predicted octanol–water partition coefficient (Wildman–Crippen LogP) is 3.15. The summed E-state index contributed by atoms with van der Waals surface area (Å²) in [5.74, 6) is 0.275. The average molecular weight is 367 g/mol. The highest BCUT2D eigenvalue weighted by atomic mass is 35.5. The zero-order valence-corrected chi connectivity index (χ0v) is 15.1. The Balaban J connectivity index is 1.90. The van der Waals surface area contributed by atoms with E-state index in [-0.39, 0.29) is 11.9 Å². The average Bonchev–Trinajstić information content (AvgIpc) is 2.57. The minimum Gasteiger partial charge on any atom is -0.384 e. The zero-order chi connectivity index (χ0) is 18.3. The molecule has 3 aromatic rings. The van der Waals surface area contributed by atoms with E-state index >= 15 is 0 Å². The minimum atomic E-state index is -0.112. The molecule has 132 valence electrons. The maximum absolute atomic E-state index is 12.9. The van der Waals surface area contributed by atoms with E-state index in [2.05, 4.69) is 15.6 Å². The van der Waals surface area contributed by atoms with Crippen LogP contribution in [0.5, 0.6) is 0 Å². The zero-order valence-electron chi connectivity index (χ0n) is 14.3. The van der Waals surface area contributed by atoms with Crippen LogP contribution in [0.25, 0.3) is 21.9 Å². The van der Waals surface area contributed by atoms with Crippen molar-refractivity contribution in [2.75, 3.05) is 18.8 Å². The highest BCUT2D eigenvalue weighted by Gasteiger charge is 2.22. The lowest BCUT2D eigenvalue weighted by Crippen LogP contribution is -2.56. The summed E-state index contributed by atoms with van der Waals surface area (Å²) < 4.78 is 0. The molecule has 0 unspecified atom stereocenters. The predicted molar refractivity (Wildman–Crippen MR) is 105 cm³/mol. The third-order valence-corrected chi connectivity index (χ3v) is 5.04. The number of halogens is 1. The summed E-state index contributed by atoms with van der Waals surface area (Å²) in [6, 6.07) is 11.6. The lowest BCUT2D eigenvalue weighted by molar-refractivity contribution is 0.0925. The van der Waals surface area contributed by atoms with Gasteiger partial charge >= 0.3 is 0 Å². The lowest BCUT2D eigenvalue weighted by Gasteiger charge is -2.28. The molecule has 1 saturated heterocycles. The summed E-state index contributed by atoms with van der Waals surface area (Å²) in [4.78, 5) is 17.1. The number of benzene rings is 2. The highest BCUT2D eigenvalue weighted by molar-refractivity contribution is 6.33. The molecule has 1 amide bonds. The third kappa shape index (κ3) is 3.00. The molecule has 1 aliphatic heterocycles. The molecule has 2 heterocycles. The van der Waals surface area contributed by atoms with Crippen LogP contribution < -0.4 is 16.4 Å². The van der Waals surface area contributed by atoms with Crippen molar-refractivity contribution in [3.8, 4) is 11.1 Å². The fourth-order valence-electron chi connectivity index (χ4n) is 3.26. The van der Waals surface area contributed by atoms with Gasteiger partial charge in [0.2, 0.25) is 0 Å². The van der Waals surface area contributed by atoms with E-state index in [9.17, 15) is 4.79 Å². The Bertz CT molecular complexity index is 994. The Kier molecular flexibility index (Phi) is 4.26. The Morgan fingerprint density at radius 1 is 1.31 bits per heavy atom. The van der Waals surface area contributed by atoms with Crippen LogP contribution in [0, 0.1) is 6.92 Å². The van der Waals surface area contributed by atoms with Crippen LogP contribution in [-0.4, -0.2) is 30.0 Å². The van der Waals surface area contributed by atoms with Gasteiger partial charge in [-0.3, -0.25) is 4.79 Å². The van der Waals surface area contributed by atoms with Crippen molar-refractivity contribution in [3.05, 3.63) is 58.7 Å². The van der Waals surface area contributed by atoms with Crippen LogP contribution in [0.1, 0.15) is 15.9 Å². The van der Waals surface area contributed by atoms with Gasteiger partial charge in [-0.25, -0.2) is 4.98 Å². The van der Waals surface area contributed by atoms with Crippen LogP contribution in [0.15, 0.2) is 42.6 Å². The molecular formula is C20H19ClN4O. The number of aryl methyl sites for hydroxylation is 1. The van der Waals surface area contributed by atoms with E-state index < -0.39 is 0 Å². The molecule has 0 radical (unpaired) electrons. The fourth-order valence-corrected chi connectivity index (χ4v) is 3.59. The van der Waals surface area contributed by atoms with Gasteiger partial charge < -0.3 is 16.4 Å². The summed E-state index contributed by atoms with van der Waals surface area (Å²) in [6.45, 7) is 3.58. The second kappa shape index (κ2) is 6.59. The maximum Gasteiger partial charge on any atom is 0.252 e. The van der Waals surface area contributed by atoms with Gasteiger partial charge in [-0.05, 0) is 47.7 Å². The van der Waals surface area contributed by atoms with Gasteiger partial charge in [0, 0.05) is 40.8 Å². The molecule has 6 heteroatoms. The summed E-state index contributed by atoms with van der Waals surface area (Å²) in [5.41, 5.74) is 9.30. The number of carbonyl (C=O) groups is 1. The minimum absolute atomic E-state index is 0.112. The molecule has 4 rings (SSSR count). The first-order valence-corrected chi connectivity index (χ1v) is 8.87. The molecule has 4 N–H and O–H groups in total. The molecule has 26 heavy (non-hydrogen) atoms. The largest absolute Gasteiger partial charge is 0.384 e. The van der Waals surface area contributed by atoms with Gasteiger partial charge in [-0.1, -0.05) is 23.7 Å². The summed E-state index contributed by atoms with van der Waals surface area (Å²) in [7, 11) is 0. The quantitative estimate of drug-likeness (QED) is 0.665. The van der Waals surface area contributed by atoms with Crippen LogP contribution in [0.4, 0.5) is 5.82 Å². The first-order valence-electron chi connectivity index (χ1n) is 8.49. The number of fused-ring (bicyclic) bond motifs is 1. The van der Waals surface area contributed by atoms with Gasteiger partial charge in [0.15, 0.2) is 0 Å². The number of nitrogen functional groups attached to an aromatic ring is 1. The summed E-state index contributed by atoms with van der Waals surface area (Å²) >= 11 is 6.44. The number of rotatable bonds is 3. The van der Waals surface area contributed by atoms with Crippen molar-refractivity contribution < 1.29 is 4.79 Å². The van der Waals surface area contributed by atoms with Crippen LogP contribution in [0.3, 0.4) is 0 Å². The SMILES string of the molecule is Cc1cccc(Cl)c1-c1cc(C(=O)NC2CNC2)c2cc(N)ncc2c1. The fraction of sp³-hybridized carbons (Fsp3) is 0.200. The Morgan fingerprint density at radius 3 is 2.81 bits per heavy atom. The van der Waals surface area contributed by atoms with Gasteiger partial charge in [0.25, 0.3) is 5.91 Å². The summed E-state index contributed by atoms with van der Waals surface area (Å²) in [5, 5.41) is 8.51. The maximum atomic E-state index is 12.9. The first kappa shape index (κ1) is 16.8. The monoisotopic (exact) mass is 366 g/mol. The topological polar surface area (TPSA) is 80.0 Å². The second-order valence-corrected chi connectivity index (χ2v) is 7.02. The Hall–Kier alpha value is -2.63. The molecule has 1 fully saturated rings. The van der Waals surface area contributed by atoms with E-state index in [1.54, 1.807) is 12.3 Å². The van der Waals surface area contributed by atoms with Crippen molar-refractivity contribution in [2.24, 2.45) is 0 Å². The number of carbonyl (C=O) groups excluding carboxylic acids is 1. The van der Waals surface area contributed by atoms with Crippen molar-refractivity contribution in [3.63, 3.8) is 0 Å². The van der Waals surface area contributed by atoms with E-state index in [1.807, 2.05) is 37.3 Å². The first-order chi connectivity index (χ1) is 12.5. The number of nitrogens with two attached hydrogens (primary N) is 1. The van der Waals surface area contributed by atoms with Crippen molar-refractivity contribution in [1.82, 2.24) is 15.6 Å². The molecule has 0 bridgehead atoms. The van der Waals surface area contributed by atoms with Gasteiger partial charge in [0.1, 0.15) is 5.82 Å². The van der Waals surface area contributed by atoms with Crippen LogP contribution in [0.2, 0.25) is 5.02 Å². The number of hydrogen-bond donors (Lipinski definition) is 3. The van der Waals surface area contributed by atoms with E-state index in [4.69, 9.17) is 17.3 Å². The number of nitrogens with one attached hydrogen (secondary N) is 2. The number of nitrogens with zero attached hydrogens (tertiary/aromatic N) is 1. The van der Waals surface area contributed by atoms with Gasteiger partial charge in [-0.15, -0.1) is 0 Å². The van der Waals surface area contributed by atoms with Crippen LogP contribution in [-0.2, 0) is 0 Å². The van der Waals surface area contributed by atoms with E-state index in [0.29, 0.717) is 16.4 Å².